The van der Waals surface area contributed by atoms with E-state index in [9.17, 15) is 9.59 Å². The lowest BCUT2D eigenvalue weighted by Gasteiger charge is -2.08. The second kappa shape index (κ2) is 6.78. The summed E-state index contributed by atoms with van der Waals surface area (Å²) in [6.45, 7) is -0.479. The molecule has 8 heteroatoms. The zero-order chi connectivity index (χ0) is 16.1. The minimum Gasteiger partial charge on any atom is -0.482 e. The number of carboxylic acid groups (broad SMARTS) is 1. The lowest BCUT2D eigenvalue weighted by molar-refractivity contribution is -0.139. The number of carbonyl (C=O) groups is 1. The first-order valence-electron chi connectivity index (χ1n) is 6.08. The van der Waals surface area contributed by atoms with Gasteiger partial charge in [-0.2, -0.15) is 5.26 Å². The number of rotatable bonds is 5. The fourth-order valence-electron chi connectivity index (χ4n) is 1.74. The maximum absolute atomic E-state index is 11.9. The van der Waals surface area contributed by atoms with Crippen LogP contribution >= 0.6 is 11.8 Å². The van der Waals surface area contributed by atoms with Crippen molar-refractivity contribution in [3.8, 4) is 23.1 Å². The molecule has 0 aliphatic rings. The minimum absolute atomic E-state index is 0.104. The van der Waals surface area contributed by atoms with Gasteiger partial charge in [0.2, 0.25) is 0 Å². The number of aliphatic carboxylic acids is 1. The van der Waals surface area contributed by atoms with Gasteiger partial charge in [0, 0.05) is 5.56 Å². The number of nitrogens with one attached hydrogen (secondary N) is 1. The monoisotopic (exact) mass is 317 g/mol. The topological polar surface area (TPSA) is 116 Å². The molecule has 0 aliphatic carbocycles. The van der Waals surface area contributed by atoms with Gasteiger partial charge in [-0.05, 0) is 18.4 Å². The van der Waals surface area contributed by atoms with Crippen LogP contribution in [0.1, 0.15) is 5.56 Å². The van der Waals surface area contributed by atoms with E-state index in [-0.39, 0.29) is 11.3 Å². The lowest BCUT2D eigenvalue weighted by Crippen LogP contribution is -2.14. The molecule has 2 rings (SSSR count). The third-order valence-electron chi connectivity index (χ3n) is 2.67. The van der Waals surface area contributed by atoms with E-state index < -0.39 is 18.1 Å². The Kier molecular flexibility index (Phi) is 4.80. The molecule has 1 aromatic carbocycles. The third-order valence-corrected chi connectivity index (χ3v) is 3.25. The summed E-state index contributed by atoms with van der Waals surface area (Å²) < 4.78 is 5.09. The standard InChI is InChI=1S/C14H11N3O4S/c1-22-14-16-12(10(6-15)13(20)17-14)8-3-2-4-9(5-8)21-7-11(18)19/h2-5H,7H2,1H3,(H,18,19)(H,16,17,20). The Morgan fingerprint density at radius 2 is 2.32 bits per heavy atom. The summed E-state index contributed by atoms with van der Waals surface area (Å²) in [5.41, 5.74) is 0.110. The average molecular weight is 317 g/mol. The number of benzene rings is 1. The Morgan fingerprint density at radius 1 is 1.55 bits per heavy atom. The number of nitriles is 1. The molecular formula is C14H11N3O4S. The Labute approximate surface area is 129 Å². The number of aromatic amines is 1. The van der Waals surface area contributed by atoms with Gasteiger partial charge in [-0.25, -0.2) is 9.78 Å². The number of aromatic nitrogens is 2. The first-order valence-corrected chi connectivity index (χ1v) is 7.31. The van der Waals surface area contributed by atoms with Crippen molar-refractivity contribution in [1.82, 2.24) is 9.97 Å². The smallest absolute Gasteiger partial charge is 0.341 e. The van der Waals surface area contributed by atoms with Gasteiger partial charge in [0.05, 0.1) is 5.69 Å². The molecule has 0 fully saturated rings. The molecule has 112 valence electrons. The number of H-pyrrole nitrogens is 1. The van der Waals surface area contributed by atoms with E-state index in [0.717, 1.165) is 0 Å². The van der Waals surface area contributed by atoms with Crippen LogP contribution in [-0.4, -0.2) is 33.9 Å². The molecule has 0 amide bonds. The van der Waals surface area contributed by atoms with Crippen LogP contribution in [0.2, 0.25) is 0 Å². The summed E-state index contributed by atoms with van der Waals surface area (Å²) in [6, 6.07) is 8.26. The first-order chi connectivity index (χ1) is 10.5. The zero-order valence-corrected chi connectivity index (χ0v) is 12.3. The molecule has 2 aromatic rings. The molecule has 0 unspecified atom stereocenters. The first kappa shape index (κ1) is 15.6. The molecule has 0 spiro atoms. The maximum atomic E-state index is 11.9. The number of hydrogen-bond donors (Lipinski definition) is 2. The van der Waals surface area contributed by atoms with Gasteiger partial charge in [-0.1, -0.05) is 23.9 Å². The van der Waals surface area contributed by atoms with Crippen molar-refractivity contribution in [3.63, 3.8) is 0 Å². The van der Waals surface area contributed by atoms with Gasteiger partial charge >= 0.3 is 5.97 Å². The van der Waals surface area contributed by atoms with Gasteiger partial charge in [0.1, 0.15) is 17.4 Å². The molecule has 7 nitrogen and oxygen atoms in total. The van der Waals surface area contributed by atoms with Crippen LogP contribution in [0.4, 0.5) is 0 Å². The van der Waals surface area contributed by atoms with Crippen molar-refractivity contribution in [2.24, 2.45) is 0 Å². The zero-order valence-electron chi connectivity index (χ0n) is 11.5. The van der Waals surface area contributed by atoms with Crippen LogP contribution in [0.3, 0.4) is 0 Å². The highest BCUT2D eigenvalue weighted by molar-refractivity contribution is 7.98. The number of hydrogen-bond acceptors (Lipinski definition) is 6. The molecule has 1 aromatic heterocycles. The van der Waals surface area contributed by atoms with Gasteiger partial charge in [0.15, 0.2) is 11.8 Å². The lowest BCUT2D eigenvalue weighted by atomic mass is 10.1. The third kappa shape index (κ3) is 3.45. The molecule has 0 saturated carbocycles. The van der Waals surface area contributed by atoms with Gasteiger partial charge in [-0.15, -0.1) is 0 Å². The van der Waals surface area contributed by atoms with Crippen LogP contribution in [0.15, 0.2) is 34.2 Å². The highest BCUT2D eigenvalue weighted by atomic mass is 32.2. The molecule has 0 atom stereocenters. The molecule has 0 saturated heterocycles. The van der Waals surface area contributed by atoms with Gasteiger partial charge in [0.25, 0.3) is 5.56 Å². The Hall–Kier alpha value is -2.79. The van der Waals surface area contributed by atoms with Crippen LogP contribution in [-0.2, 0) is 4.79 Å². The van der Waals surface area contributed by atoms with E-state index in [0.29, 0.717) is 16.5 Å². The number of carboxylic acids is 1. The van der Waals surface area contributed by atoms with E-state index >= 15 is 0 Å². The minimum atomic E-state index is -1.10. The molecule has 2 N–H and O–H groups in total. The second-order valence-corrected chi connectivity index (χ2v) is 4.92. The van der Waals surface area contributed by atoms with Crippen molar-refractivity contribution in [2.75, 3.05) is 12.9 Å². The van der Waals surface area contributed by atoms with E-state index in [2.05, 4.69) is 9.97 Å². The average Bonchev–Trinajstić information content (AvgIpc) is 2.52. The van der Waals surface area contributed by atoms with E-state index in [4.69, 9.17) is 15.1 Å². The molecule has 0 aliphatic heterocycles. The highest BCUT2D eigenvalue weighted by Gasteiger charge is 2.14. The summed E-state index contributed by atoms with van der Waals surface area (Å²) >= 11 is 1.24. The van der Waals surface area contributed by atoms with Gasteiger partial charge < -0.3 is 14.8 Å². The fraction of sp³-hybridized carbons (Fsp3) is 0.143. The van der Waals surface area contributed by atoms with E-state index in [1.54, 1.807) is 24.5 Å². The Balaban J connectivity index is 2.50. The summed E-state index contributed by atoms with van der Waals surface area (Å²) in [6.07, 6.45) is 1.75. The molecule has 22 heavy (non-hydrogen) atoms. The summed E-state index contributed by atoms with van der Waals surface area (Å²) in [4.78, 5) is 29.2. The molecule has 1 heterocycles. The SMILES string of the molecule is CSc1nc(-c2cccc(OCC(=O)O)c2)c(C#N)c(=O)[nH]1. The van der Waals surface area contributed by atoms with Crippen molar-refractivity contribution >= 4 is 17.7 Å². The fourth-order valence-corrected chi connectivity index (χ4v) is 2.12. The van der Waals surface area contributed by atoms with Crippen molar-refractivity contribution in [2.45, 2.75) is 5.16 Å². The molecular weight excluding hydrogens is 306 g/mol. The Bertz CT molecular complexity index is 810. The van der Waals surface area contributed by atoms with Crippen LogP contribution in [0, 0.1) is 11.3 Å². The van der Waals surface area contributed by atoms with Gasteiger partial charge in [-0.3, -0.25) is 4.79 Å². The van der Waals surface area contributed by atoms with Crippen LogP contribution in [0.25, 0.3) is 11.3 Å². The van der Waals surface area contributed by atoms with E-state index in [1.165, 1.54) is 17.8 Å². The largest absolute Gasteiger partial charge is 0.482 e. The molecule has 0 bridgehead atoms. The quantitative estimate of drug-likeness (QED) is 0.634. The Morgan fingerprint density at radius 3 is 2.95 bits per heavy atom. The van der Waals surface area contributed by atoms with E-state index in [1.807, 2.05) is 6.07 Å². The number of ether oxygens (including phenoxy) is 1. The predicted octanol–water partition coefficient (Wildman–Crippen LogP) is 1.49. The normalized spacial score (nSPS) is 10.0. The van der Waals surface area contributed by atoms with Crippen molar-refractivity contribution in [1.29, 1.82) is 5.26 Å². The molecule has 0 radical (unpaired) electrons. The van der Waals surface area contributed by atoms with Crippen molar-refractivity contribution < 1.29 is 14.6 Å². The summed E-state index contributed by atoms with van der Waals surface area (Å²) in [5.74, 6) is -0.779. The second-order valence-electron chi connectivity index (χ2n) is 4.12. The van der Waals surface area contributed by atoms with Crippen molar-refractivity contribution in [3.05, 3.63) is 40.2 Å². The number of nitrogens with zero attached hydrogens (tertiary/aromatic N) is 2. The van der Waals surface area contributed by atoms with Crippen LogP contribution < -0.4 is 10.3 Å². The summed E-state index contributed by atoms with van der Waals surface area (Å²) in [5, 5.41) is 18.1. The van der Waals surface area contributed by atoms with Crippen LogP contribution in [0.5, 0.6) is 5.75 Å². The number of thioether (sulfide) groups is 1. The summed E-state index contributed by atoms with van der Waals surface area (Å²) in [7, 11) is 0. The predicted molar refractivity (Wildman–Crippen MR) is 79.9 cm³/mol. The highest BCUT2D eigenvalue weighted by Crippen LogP contribution is 2.25. The maximum Gasteiger partial charge on any atom is 0.341 e.